The standard InChI is InChI=1S/C14H18ClN3O/c1-8(2)7-16-9(3)13-11-5-4-10(15)6-12(11)14(19)18-17-13/h4-6,8-9,16H,7H2,1-3H3,(H,18,19). The van der Waals surface area contributed by atoms with Gasteiger partial charge in [0.2, 0.25) is 0 Å². The Kier molecular flexibility index (Phi) is 4.22. The zero-order valence-corrected chi connectivity index (χ0v) is 12.1. The zero-order chi connectivity index (χ0) is 14.0. The van der Waals surface area contributed by atoms with E-state index in [0.717, 1.165) is 17.6 Å². The molecule has 0 radical (unpaired) electrons. The van der Waals surface area contributed by atoms with Crippen LogP contribution in [0.3, 0.4) is 0 Å². The Morgan fingerprint density at radius 2 is 2.05 bits per heavy atom. The Hall–Kier alpha value is -1.39. The second-order valence-electron chi connectivity index (χ2n) is 5.15. The third kappa shape index (κ3) is 3.14. The van der Waals surface area contributed by atoms with Crippen molar-refractivity contribution in [2.45, 2.75) is 26.8 Å². The number of benzene rings is 1. The van der Waals surface area contributed by atoms with Crippen LogP contribution in [0.15, 0.2) is 23.0 Å². The van der Waals surface area contributed by atoms with Gasteiger partial charge in [-0.2, -0.15) is 5.10 Å². The summed E-state index contributed by atoms with van der Waals surface area (Å²) in [5, 5.41) is 12.1. The predicted molar refractivity (Wildman–Crippen MR) is 78.6 cm³/mol. The fourth-order valence-corrected chi connectivity index (χ4v) is 2.17. The average Bonchev–Trinajstić information content (AvgIpc) is 2.37. The van der Waals surface area contributed by atoms with Crippen molar-refractivity contribution in [3.05, 3.63) is 39.3 Å². The molecule has 0 saturated carbocycles. The van der Waals surface area contributed by atoms with E-state index in [4.69, 9.17) is 11.6 Å². The van der Waals surface area contributed by atoms with Gasteiger partial charge in [0.1, 0.15) is 0 Å². The van der Waals surface area contributed by atoms with Crippen molar-refractivity contribution in [3.63, 3.8) is 0 Å². The molecule has 0 bridgehead atoms. The monoisotopic (exact) mass is 279 g/mol. The van der Waals surface area contributed by atoms with Crippen molar-refractivity contribution >= 4 is 22.4 Å². The minimum atomic E-state index is -0.211. The fraction of sp³-hybridized carbons (Fsp3) is 0.429. The summed E-state index contributed by atoms with van der Waals surface area (Å²) in [4.78, 5) is 11.8. The lowest BCUT2D eigenvalue weighted by Gasteiger charge is -2.16. The number of aromatic amines is 1. The highest BCUT2D eigenvalue weighted by molar-refractivity contribution is 6.31. The van der Waals surface area contributed by atoms with Gasteiger partial charge in [-0.25, -0.2) is 5.10 Å². The number of nitrogens with one attached hydrogen (secondary N) is 2. The molecule has 4 nitrogen and oxygen atoms in total. The topological polar surface area (TPSA) is 57.8 Å². The van der Waals surface area contributed by atoms with Crippen LogP contribution in [0.4, 0.5) is 0 Å². The highest BCUT2D eigenvalue weighted by atomic mass is 35.5. The van der Waals surface area contributed by atoms with Crippen LogP contribution in [0.25, 0.3) is 10.8 Å². The van der Waals surface area contributed by atoms with Crippen LogP contribution in [0.2, 0.25) is 5.02 Å². The van der Waals surface area contributed by atoms with E-state index in [9.17, 15) is 4.79 Å². The smallest absolute Gasteiger partial charge is 0.272 e. The van der Waals surface area contributed by atoms with Gasteiger partial charge in [0, 0.05) is 16.5 Å². The summed E-state index contributed by atoms with van der Waals surface area (Å²) in [6.07, 6.45) is 0. The van der Waals surface area contributed by atoms with Crippen LogP contribution >= 0.6 is 11.6 Å². The molecule has 1 aromatic heterocycles. The van der Waals surface area contributed by atoms with Crippen molar-refractivity contribution < 1.29 is 0 Å². The Morgan fingerprint density at radius 3 is 2.74 bits per heavy atom. The molecule has 19 heavy (non-hydrogen) atoms. The molecule has 2 aromatic rings. The molecule has 5 heteroatoms. The van der Waals surface area contributed by atoms with E-state index in [1.807, 2.05) is 13.0 Å². The maximum Gasteiger partial charge on any atom is 0.272 e. The maximum absolute atomic E-state index is 11.8. The first-order valence-electron chi connectivity index (χ1n) is 6.40. The molecule has 2 N–H and O–H groups in total. The quantitative estimate of drug-likeness (QED) is 0.905. The third-order valence-corrected chi connectivity index (χ3v) is 3.26. The molecule has 0 saturated heterocycles. The summed E-state index contributed by atoms with van der Waals surface area (Å²) in [5.41, 5.74) is 0.629. The van der Waals surface area contributed by atoms with E-state index in [1.165, 1.54) is 0 Å². The molecule has 0 spiro atoms. The molecule has 0 amide bonds. The SMILES string of the molecule is CC(C)CNC(C)c1n[nH]c(=O)c2cc(Cl)ccc12. The summed E-state index contributed by atoms with van der Waals surface area (Å²) in [5.74, 6) is 0.561. The van der Waals surface area contributed by atoms with Crippen molar-refractivity contribution in [1.82, 2.24) is 15.5 Å². The van der Waals surface area contributed by atoms with E-state index in [2.05, 4.69) is 29.4 Å². The Labute approximate surface area is 117 Å². The van der Waals surface area contributed by atoms with Crippen molar-refractivity contribution in [2.75, 3.05) is 6.54 Å². The summed E-state index contributed by atoms with van der Waals surface area (Å²) < 4.78 is 0. The molecule has 0 aliphatic heterocycles. The molecular weight excluding hydrogens is 262 g/mol. The second-order valence-corrected chi connectivity index (χ2v) is 5.59. The number of aromatic nitrogens is 2. The van der Waals surface area contributed by atoms with Gasteiger partial charge in [-0.1, -0.05) is 31.5 Å². The number of nitrogens with zero attached hydrogens (tertiary/aromatic N) is 1. The number of fused-ring (bicyclic) bond motifs is 1. The highest BCUT2D eigenvalue weighted by Crippen LogP contribution is 2.22. The summed E-state index contributed by atoms with van der Waals surface area (Å²) in [7, 11) is 0. The second kappa shape index (κ2) is 5.72. The van der Waals surface area contributed by atoms with Crippen LogP contribution in [-0.2, 0) is 0 Å². The zero-order valence-electron chi connectivity index (χ0n) is 11.3. The Morgan fingerprint density at radius 1 is 1.32 bits per heavy atom. The van der Waals surface area contributed by atoms with Gasteiger partial charge < -0.3 is 5.32 Å². The van der Waals surface area contributed by atoms with E-state index < -0.39 is 0 Å². The molecule has 0 aliphatic rings. The normalized spacial score (nSPS) is 13.1. The van der Waals surface area contributed by atoms with Gasteiger partial charge in [-0.3, -0.25) is 4.79 Å². The minimum Gasteiger partial charge on any atom is -0.309 e. The number of hydrogen-bond acceptors (Lipinski definition) is 3. The highest BCUT2D eigenvalue weighted by Gasteiger charge is 2.13. The number of rotatable bonds is 4. The summed E-state index contributed by atoms with van der Waals surface area (Å²) in [6, 6.07) is 5.38. The van der Waals surface area contributed by atoms with Gasteiger partial charge in [0.15, 0.2) is 0 Å². The van der Waals surface area contributed by atoms with E-state index in [1.54, 1.807) is 12.1 Å². The molecule has 1 heterocycles. The Balaban J connectivity index is 2.44. The van der Waals surface area contributed by atoms with Gasteiger partial charge >= 0.3 is 0 Å². The average molecular weight is 280 g/mol. The van der Waals surface area contributed by atoms with Crippen molar-refractivity contribution in [1.29, 1.82) is 0 Å². The minimum absolute atomic E-state index is 0.0722. The molecule has 2 rings (SSSR count). The van der Waals surface area contributed by atoms with E-state index in [0.29, 0.717) is 16.3 Å². The van der Waals surface area contributed by atoms with Gasteiger partial charge in [0.25, 0.3) is 5.56 Å². The first-order valence-corrected chi connectivity index (χ1v) is 6.78. The lowest BCUT2D eigenvalue weighted by molar-refractivity contribution is 0.489. The van der Waals surface area contributed by atoms with Gasteiger partial charge in [-0.15, -0.1) is 0 Å². The van der Waals surface area contributed by atoms with Gasteiger partial charge in [0.05, 0.1) is 11.1 Å². The first kappa shape index (κ1) is 14.0. The fourth-order valence-electron chi connectivity index (χ4n) is 2.00. The lowest BCUT2D eigenvalue weighted by atomic mass is 10.1. The van der Waals surface area contributed by atoms with Crippen molar-refractivity contribution in [2.24, 2.45) is 5.92 Å². The molecule has 1 aromatic carbocycles. The van der Waals surface area contributed by atoms with Crippen LogP contribution in [0.1, 0.15) is 32.5 Å². The first-order chi connectivity index (χ1) is 8.99. The third-order valence-electron chi connectivity index (χ3n) is 3.02. The predicted octanol–water partition coefficient (Wildman–Crippen LogP) is 2.88. The lowest BCUT2D eigenvalue weighted by Crippen LogP contribution is -2.25. The molecule has 0 aliphatic carbocycles. The Bertz CT molecular complexity index is 636. The molecule has 102 valence electrons. The van der Waals surface area contributed by atoms with Crippen LogP contribution in [0, 0.1) is 5.92 Å². The van der Waals surface area contributed by atoms with Gasteiger partial charge in [-0.05, 0) is 31.5 Å². The van der Waals surface area contributed by atoms with Crippen LogP contribution in [-0.4, -0.2) is 16.7 Å². The number of halogens is 1. The number of H-pyrrole nitrogens is 1. The van der Waals surface area contributed by atoms with Crippen LogP contribution < -0.4 is 10.9 Å². The summed E-state index contributed by atoms with van der Waals surface area (Å²) >= 11 is 5.94. The maximum atomic E-state index is 11.8. The molecular formula is C14H18ClN3O. The van der Waals surface area contributed by atoms with E-state index in [-0.39, 0.29) is 11.6 Å². The number of hydrogen-bond donors (Lipinski definition) is 2. The molecule has 1 atom stereocenters. The van der Waals surface area contributed by atoms with Crippen molar-refractivity contribution in [3.8, 4) is 0 Å². The molecule has 1 unspecified atom stereocenters. The molecule has 0 fully saturated rings. The van der Waals surface area contributed by atoms with Crippen LogP contribution in [0.5, 0.6) is 0 Å². The van der Waals surface area contributed by atoms with E-state index >= 15 is 0 Å². The largest absolute Gasteiger partial charge is 0.309 e. The summed E-state index contributed by atoms with van der Waals surface area (Å²) in [6.45, 7) is 7.24.